The fourth-order valence-electron chi connectivity index (χ4n) is 1.78. The molecule has 0 radical (unpaired) electrons. The van der Waals surface area contributed by atoms with E-state index < -0.39 is 0 Å². The molecule has 1 unspecified atom stereocenters. The van der Waals surface area contributed by atoms with Crippen LogP contribution in [0.1, 0.15) is 17.8 Å². The van der Waals surface area contributed by atoms with Gasteiger partial charge in [0.1, 0.15) is 0 Å². The van der Waals surface area contributed by atoms with Crippen LogP contribution in [0.25, 0.3) is 0 Å². The minimum Gasteiger partial charge on any atom is -0.369 e. The van der Waals surface area contributed by atoms with Crippen LogP contribution in [-0.2, 0) is 12.8 Å². The van der Waals surface area contributed by atoms with E-state index in [-0.39, 0.29) is 0 Å². The molecule has 0 aromatic carbocycles. The van der Waals surface area contributed by atoms with Gasteiger partial charge in [0, 0.05) is 5.69 Å². The Hall–Kier alpha value is -1.07. The zero-order valence-electron chi connectivity index (χ0n) is 8.59. The molecule has 5 heteroatoms. The fourth-order valence-corrected chi connectivity index (χ4v) is 1.78. The Morgan fingerprint density at radius 3 is 2.86 bits per heavy atom. The van der Waals surface area contributed by atoms with Gasteiger partial charge in [-0.15, -0.1) is 0 Å². The number of nitrogen functional groups attached to an aromatic ring is 1. The monoisotopic (exact) mass is 197 g/mol. The number of aryl methyl sites for hydroxylation is 1. The molecule has 0 saturated carbocycles. The minimum atomic E-state index is 0.540. The van der Waals surface area contributed by atoms with Gasteiger partial charge in [0.05, 0.1) is 5.69 Å². The average molecular weight is 197 g/mol. The number of nitrogens with one attached hydrogen (secondary N) is 1. The first-order valence-corrected chi connectivity index (χ1v) is 4.90. The molecule has 2 rings (SSSR count). The van der Waals surface area contributed by atoms with Crippen molar-refractivity contribution in [3.63, 3.8) is 0 Å². The van der Waals surface area contributed by atoms with Gasteiger partial charge in [-0.2, -0.15) is 0 Å². The predicted molar refractivity (Wildman–Crippen MR) is 57.7 cm³/mol. The third-order valence-electron chi connectivity index (χ3n) is 2.50. The molecule has 0 saturated heterocycles. The van der Waals surface area contributed by atoms with Gasteiger partial charge in [0.2, 0.25) is 0 Å². The summed E-state index contributed by atoms with van der Waals surface area (Å²) in [5.41, 5.74) is 18.0. The number of H-pyrrole nitrogens is 1. The molecule has 0 aliphatic heterocycles. The number of anilines is 1. The molecule has 0 bridgehead atoms. The quantitative estimate of drug-likeness (QED) is 0.492. The molecule has 0 fully saturated rings. The van der Waals surface area contributed by atoms with E-state index in [9.17, 15) is 0 Å². The zero-order chi connectivity index (χ0) is 10.6. The summed E-state index contributed by atoms with van der Waals surface area (Å²) in [5.74, 6) is 1.15. The molecule has 5 nitrogen and oxygen atoms in total. The molecule has 14 heavy (non-hydrogen) atoms. The third-order valence-corrected chi connectivity index (χ3v) is 2.50. The van der Waals surface area contributed by atoms with Crippen molar-refractivity contribution in [2.45, 2.75) is 19.3 Å². The highest BCUT2D eigenvalue weighted by Crippen LogP contribution is 2.23. The number of fused-ring (bicyclic) bond motifs is 1. The first kappa shape index (κ1) is 11.0. The standard InChI is InChI=1S/C8H14N4.CH5N/c9-4-5-1-2-6-7(3-5)12-8(10)11-6;1-2/h5H,1-4,9H2,(H3,10,11,12);2H2,1H3. The van der Waals surface area contributed by atoms with Gasteiger partial charge in [-0.25, -0.2) is 4.98 Å². The number of aromatic nitrogens is 2. The lowest BCUT2D eigenvalue weighted by Crippen LogP contribution is -2.22. The maximum atomic E-state index is 5.60. The Kier molecular flexibility index (Phi) is 3.91. The highest BCUT2D eigenvalue weighted by molar-refractivity contribution is 5.28. The molecular formula is C9H19N5. The summed E-state index contributed by atoms with van der Waals surface area (Å²) in [6.45, 7) is 0.762. The van der Waals surface area contributed by atoms with Crippen LogP contribution < -0.4 is 17.2 Å². The normalized spacial score (nSPS) is 19.5. The molecule has 1 atom stereocenters. The van der Waals surface area contributed by atoms with Gasteiger partial charge in [0.15, 0.2) is 5.95 Å². The van der Waals surface area contributed by atoms with Crippen molar-refractivity contribution in [3.8, 4) is 0 Å². The van der Waals surface area contributed by atoms with Crippen LogP contribution >= 0.6 is 0 Å². The topological polar surface area (TPSA) is 107 Å². The highest BCUT2D eigenvalue weighted by Gasteiger charge is 2.20. The van der Waals surface area contributed by atoms with E-state index in [0.717, 1.165) is 31.5 Å². The van der Waals surface area contributed by atoms with Gasteiger partial charge >= 0.3 is 0 Å². The second kappa shape index (κ2) is 4.97. The summed E-state index contributed by atoms with van der Waals surface area (Å²) in [6.07, 6.45) is 3.18. The van der Waals surface area contributed by atoms with Gasteiger partial charge in [-0.05, 0) is 38.8 Å². The molecule has 80 valence electrons. The number of hydrogen-bond donors (Lipinski definition) is 4. The number of hydrogen-bond acceptors (Lipinski definition) is 4. The third kappa shape index (κ3) is 2.24. The van der Waals surface area contributed by atoms with Crippen molar-refractivity contribution in [2.75, 3.05) is 19.3 Å². The minimum absolute atomic E-state index is 0.540. The Morgan fingerprint density at radius 2 is 2.21 bits per heavy atom. The van der Waals surface area contributed by atoms with E-state index in [1.54, 1.807) is 0 Å². The van der Waals surface area contributed by atoms with Crippen LogP contribution in [0.4, 0.5) is 5.95 Å². The number of nitrogens with two attached hydrogens (primary N) is 3. The van der Waals surface area contributed by atoms with Crippen molar-refractivity contribution >= 4 is 5.95 Å². The summed E-state index contributed by atoms with van der Waals surface area (Å²) in [4.78, 5) is 7.27. The van der Waals surface area contributed by atoms with Crippen LogP contribution in [0.2, 0.25) is 0 Å². The summed E-state index contributed by atoms with van der Waals surface area (Å²) in [7, 11) is 1.50. The maximum Gasteiger partial charge on any atom is 0.197 e. The first-order valence-electron chi connectivity index (χ1n) is 4.90. The summed E-state index contributed by atoms with van der Waals surface area (Å²) >= 11 is 0. The largest absolute Gasteiger partial charge is 0.369 e. The molecule has 1 aromatic rings. The van der Waals surface area contributed by atoms with Crippen LogP contribution in [-0.4, -0.2) is 23.6 Å². The second-order valence-electron chi connectivity index (χ2n) is 3.39. The molecule has 1 aromatic heterocycles. The molecule has 7 N–H and O–H groups in total. The molecule has 1 aliphatic carbocycles. The van der Waals surface area contributed by atoms with Gasteiger partial charge in [-0.3, -0.25) is 0 Å². The Balaban J connectivity index is 0.000000461. The van der Waals surface area contributed by atoms with E-state index in [0.29, 0.717) is 11.9 Å². The Bertz CT molecular complexity index is 281. The van der Waals surface area contributed by atoms with E-state index >= 15 is 0 Å². The van der Waals surface area contributed by atoms with Crippen molar-refractivity contribution in [3.05, 3.63) is 11.4 Å². The van der Waals surface area contributed by atoms with Crippen LogP contribution in [0.5, 0.6) is 0 Å². The van der Waals surface area contributed by atoms with Crippen LogP contribution in [0.15, 0.2) is 0 Å². The summed E-state index contributed by atoms with van der Waals surface area (Å²) in [5, 5.41) is 0. The highest BCUT2D eigenvalue weighted by atomic mass is 15.0. The Labute approximate surface area is 84.1 Å². The van der Waals surface area contributed by atoms with Crippen molar-refractivity contribution < 1.29 is 0 Å². The second-order valence-corrected chi connectivity index (χ2v) is 3.39. The molecular weight excluding hydrogens is 178 g/mol. The first-order chi connectivity index (χ1) is 6.79. The summed E-state index contributed by atoms with van der Waals surface area (Å²) in [6, 6.07) is 0. The van der Waals surface area contributed by atoms with Gasteiger partial charge in [0.25, 0.3) is 0 Å². The average Bonchev–Trinajstić information content (AvgIpc) is 2.59. The zero-order valence-corrected chi connectivity index (χ0v) is 8.59. The lowest BCUT2D eigenvalue weighted by Gasteiger charge is -2.18. The number of nitrogens with zero attached hydrogens (tertiary/aromatic N) is 1. The van der Waals surface area contributed by atoms with E-state index in [1.807, 2.05) is 0 Å². The molecule has 0 spiro atoms. The summed E-state index contributed by atoms with van der Waals surface area (Å²) < 4.78 is 0. The predicted octanol–water partition coefficient (Wildman–Crippen LogP) is -0.370. The van der Waals surface area contributed by atoms with Crippen molar-refractivity contribution in [1.82, 2.24) is 9.97 Å². The van der Waals surface area contributed by atoms with E-state index in [2.05, 4.69) is 15.7 Å². The lowest BCUT2D eigenvalue weighted by atomic mass is 9.90. The molecule has 1 heterocycles. The van der Waals surface area contributed by atoms with Gasteiger partial charge < -0.3 is 22.2 Å². The van der Waals surface area contributed by atoms with E-state index in [1.165, 1.54) is 12.7 Å². The smallest absolute Gasteiger partial charge is 0.197 e. The van der Waals surface area contributed by atoms with Crippen LogP contribution in [0.3, 0.4) is 0 Å². The van der Waals surface area contributed by atoms with Crippen molar-refractivity contribution in [1.29, 1.82) is 0 Å². The van der Waals surface area contributed by atoms with Gasteiger partial charge in [-0.1, -0.05) is 0 Å². The van der Waals surface area contributed by atoms with Crippen LogP contribution in [0, 0.1) is 5.92 Å². The lowest BCUT2D eigenvalue weighted by molar-refractivity contribution is 0.461. The van der Waals surface area contributed by atoms with E-state index in [4.69, 9.17) is 11.5 Å². The fraction of sp³-hybridized carbons (Fsp3) is 0.667. The molecule has 1 aliphatic rings. The SMILES string of the molecule is CN.NCC1CCc2nc(N)[nH]c2C1. The number of rotatable bonds is 1. The maximum absolute atomic E-state index is 5.60. The number of aromatic amines is 1. The Morgan fingerprint density at radius 1 is 1.50 bits per heavy atom. The van der Waals surface area contributed by atoms with Crippen molar-refractivity contribution in [2.24, 2.45) is 17.4 Å². The number of imidazole rings is 1. The molecule has 0 amide bonds.